The zero-order valence-corrected chi connectivity index (χ0v) is 29.6. The summed E-state index contributed by atoms with van der Waals surface area (Å²) in [7, 11) is 2.18. The van der Waals surface area contributed by atoms with E-state index >= 15 is 0 Å². The molecule has 0 saturated heterocycles. The molecule has 48 heavy (non-hydrogen) atoms. The van der Waals surface area contributed by atoms with Crippen molar-refractivity contribution in [2.45, 2.75) is 64.2 Å². The summed E-state index contributed by atoms with van der Waals surface area (Å²) in [5.74, 6) is 2.50. The molecule has 246 valence electrons. The molecule has 1 amide bonds. The van der Waals surface area contributed by atoms with Crippen LogP contribution in [0.1, 0.15) is 64.5 Å². The number of rotatable bonds is 10. The summed E-state index contributed by atoms with van der Waals surface area (Å²) in [6.45, 7) is 10.5. The van der Waals surface area contributed by atoms with E-state index < -0.39 is 0 Å². The van der Waals surface area contributed by atoms with Crippen LogP contribution in [0.4, 0.5) is 11.4 Å². The van der Waals surface area contributed by atoms with Crippen LogP contribution >= 0.6 is 0 Å². The number of nitrogens with one attached hydrogen (secondary N) is 1. The molecule has 2 aliphatic rings. The number of carbonyl (C=O) groups excluding carboxylic acids is 1. The van der Waals surface area contributed by atoms with Crippen molar-refractivity contribution in [1.29, 1.82) is 0 Å². The number of likely N-dealkylation sites (N-methyl/N-ethyl adjacent to an activating group) is 1. The molecule has 5 heteroatoms. The third kappa shape index (κ3) is 6.32. The molecule has 1 N–H and O–H groups in total. The highest BCUT2D eigenvalue weighted by Gasteiger charge is 2.45. The first-order chi connectivity index (χ1) is 22.7. The van der Waals surface area contributed by atoms with Gasteiger partial charge in [-0.2, -0.15) is 4.58 Å². The van der Waals surface area contributed by atoms with Crippen LogP contribution < -0.4 is 22.6 Å². The van der Waals surface area contributed by atoms with Gasteiger partial charge in [-0.05, 0) is 72.0 Å². The lowest BCUT2D eigenvalue weighted by Crippen LogP contribution is -3.00. The Hall–Kier alpha value is -4.59. The molecule has 4 nitrogen and oxygen atoms in total. The summed E-state index contributed by atoms with van der Waals surface area (Å²) < 4.78 is 2.50. The van der Waals surface area contributed by atoms with Gasteiger partial charge in [0.1, 0.15) is 6.54 Å². The Balaban J connectivity index is 0.00000451. The van der Waals surface area contributed by atoms with Gasteiger partial charge in [0, 0.05) is 54.4 Å². The van der Waals surface area contributed by atoms with E-state index in [1.165, 1.54) is 55.5 Å². The van der Waals surface area contributed by atoms with Gasteiger partial charge in [0.15, 0.2) is 5.71 Å². The topological polar surface area (TPSA) is 35.4 Å². The summed E-state index contributed by atoms with van der Waals surface area (Å²) in [5, 5.41) is 7.96. The van der Waals surface area contributed by atoms with Crippen LogP contribution in [0.3, 0.4) is 0 Å². The number of amides is 1. The molecule has 2 aliphatic heterocycles. The highest BCUT2D eigenvalue weighted by Crippen LogP contribution is 2.50. The SMILES string of the molecule is C#CCNC(=O)CCCCC[N+]1=C(/C=C/C=C/C=C2/N(C)c3ccc4ccccc4c3C2(C)C)C(C)(C)c2c1ccc1ccccc21.[Cl-]. The quantitative estimate of drug-likeness (QED) is 0.0969. The minimum Gasteiger partial charge on any atom is -1.00 e. The Morgan fingerprint density at radius 2 is 1.50 bits per heavy atom. The molecule has 0 aromatic heterocycles. The molecule has 0 bridgehead atoms. The van der Waals surface area contributed by atoms with E-state index in [4.69, 9.17) is 6.42 Å². The lowest BCUT2D eigenvalue weighted by Gasteiger charge is -2.24. The second-order valence-electron chi connectivity index (χ2n) is 13.8. The molecule has 0 saturated carbocycles. The molecule has 2 heterocycles. The van der Waals surface area contributed by atoms with Gasteiger partial charge in [-0.25, -0.2) is 0 Å². The van der Waals surface area contributed by atoms with Crippen molar-refractivity contribution in [3.8, 4) is 12.3 Å². The van der Waals surface area contributed by atoms with E-state index in [2.05, 4.69) is 159 Å². The Kier molecular flexibility index (Phi) is 10.3. The van der Waals surface area contributed by atoms with Crippen LogP contribution in [0.15, 0.2) is 109 Å². The predicted octanol–water partition coefficient (Wildman–Crippen LogP) is 6.11. The largest absolute Gasteiger partial charge is 1.00 e. The molecule has 0 spiro atoms. The maximum atomic E-state index is 12.0. The molecule has 0 atom stereocenters. The van der Waals surface area contributed by atoms with E-state index in [1.54, 1.807) is 0 Å². The first kappa shape index (κ1) is 34.7. The van der Waals surface area contributed by atoms with Crippen molar-refractivity contribution in [2.24, 2.45) is 0 Å². The van der Waals surface area contributed by atoms with E-state index in [-0.39, 0.29) is 29.1 Å². The number of hydrogen-bond acceptors (Lipinski definition) is 2. The molecule has 4 aromatic carbocycles. The van der Waals surface area contributed by atoms with Crippen LogP contribution in [0.2, 0.25) is 0 Å². The smallest absolute Gasteiger partial charge is 0.220 e. The maximum Gasteiger partial charge on any atom is 0.220 e. The van der Waals surface area contributed by atoms with E-state index in [9.17, 15) is 4.79 Å². The fourth-order valence-corrected chi connectivity index (χ4v) is 7.80. The van der Waals surface area contributed by atoms with Crippen molar-refractivity contribution in [3.05, 3.63) is 120 Å². The second kappa shape index (κ2) is 14.3. The lowest BCUT2D eigenvalue weighted by molar-refractivity contribution is -0.438. The maximum absolute atomic E-state index is 12.0. The Morgan fingerprint density at radius 3 is 2.21 bits per heavy atom. The van der Waals surface area contributed by atoms with E-state index in [1.807, 2.05) is 0 Å². The Bertz CT molecular complexity index is 2020. The summed E-state index contributed by atoms with van der Waals surface area (Å²) in [6, 6.07) is 26.4. The third-order valence-corrected chi connectivity index (χ3v) is 10.1. The summed E-state index contributed by atoms with van der Waals surface area (Å²) in [4.78, 5) is 14.4. The standard InChI is InChI=1S/C43H45N3O.ClH/c1-7-29-44-39(47)24-12-9-17-30-46-36-28-26-32-19-14-16-21-34(32)41(36)43(4,5)38(46)23-11-8-10-22-37-42(2,3)40-33-20-15-13-18-31(33)25-27-35(40)45(37)6;/h1,8,10-11,13-16,18-23,25-28H,9,12,17,24,29-30H2,2-6H3;1H. The first-order valence-corrected chi connectivity index (χ1v) is 16.8. The van der Waals surface area contributed by atoms with Gasteiger partial charge >= 0.3 is 0 Å². The van der Waals surface area contributed by atoms with Gasteiger partial charge in [0.05, 0.1) is 12.0 Å². The van der Waals surface area contributed by atoms with Crippen LogP contribution in [0.5, 0.6) is 0 Å². The average Bonchev–Trinajstić information content (AvgIpc) is 3.41. The predicted molar refractivity (Wildman–Crippen MR) is 199 cm³/mol. The van der Waals surface area contributed by atoms with Gasteiger partial charge in [-0.3, -0.25) is 4.79 Å². The van der Waals surface area contributed by atoms with Gasteiger partial charge in [0.2, 0.25) is 11.6 Å². The van der Waals surface area contributed by atoms with Crippen molar-refractivity contribution in [3.63, 3.8) is 0 Å². The molecule has 4 aromatic rings. The number of anilines is 1. The molecule has 0 aliphatic carbocycles. The van der Waals surface area contributed by atoms with Gasteiger partial charge in [0.25, 0.3) is 0 Å². The number of unbranched alkanes of at least 4 members (excludes halogenated alkanes) is 2. The van der Waals surface area contributed by atoms with Crippen LogP contribution in [0, 0.1) is 12.3 Å². The lowest BCUT2D eigenvalue weighted by atomic mass is 9.79. The monoisotopic (exact) mass is 655 g/mol. The number of terminal acetylenes is 1. The van der Waals surface area contributed by atoms with Crippen molar-refractivity contribution in [2.75, 3.05) is 25.0 Å². The third-order valence-electron chi connectivity index (χ3n) is 10.1. The van der Waals surface area contributed by atoms with Crippen molar-refractivity contribution < 1.29 is 21.8 Å². The second-order valence-corrected chi connectivity index (χ2v) is 13.8. The fourth-order valence-electron chi connectivity index (χ4n) is 7.80. The van der Waals surface area contributed by atoms with Crippen molar-refractivity contribution in [1.82, 2.24) is 5.32 Å². The Morgan fingerprint density at radius 1 is 0.833 bits per heavy atom. The van der Waals surface area contributed by atoms with Crippen LogP contribution in [-0.2, 0) is 15.6 Å². The van der Waals surface area contributed by atoms with Gasteiger partial charge in [-0.15, -0.1) is 6.42 Å². The summed E-state index contributed by atoms with van der Waals surface area (Å²) in [5.41, 5.74) is 7.65. The molecule has 0 fully saturated rings. The van der Waals surface area contributed by atoms with E-state index in [0.29, 0.717) is 13.0 Å². The molecular formula is C43H46ClN3O. The van der Waals surface area contributed by atoms with Gasteiger partial charge < -0.3 is 22.6 Å². The normalized spacial score (nSPS) is 16.9. The highest BCUT2D eigenvalue weighted by molar-refractivity contribution is 6.07. The van der Waals surface area contributed by atoms with Crippen LogP contribution in [-0.4, -0.2) is 36.3 Å². The molecule has 0 unspecified atom stereocenters. The molecule has 6 rings (SSSR count). The van der Waals surface area contributed by atoms with Crippen LogP contribution in [0.25, 0.3) is 21.5 Å². The zero-order chi connectivity index (χ0) is 33.2. The Labute approximate surface area is 292 Å². The number of nitrogens with zero attached hydrogens (tertiary/aromatic N) is 2. The van der Waals surface area contributed by atoms with Crippen molar-refractivity contribution >= 4 is 44.5 Å². The number of allylic oxidation sites excluding steroid dienone is 6. The number of carbonyl (C=O) groups is 1. The number of fused-ring (bicyclic) bond motifs is 6. The first-order valence-electron chi connectivity index (χ1n) is 16.8. The number of halogens is 1. The fraction of sp³-hybridized carbons (Fsp3) is 0.302. The minimum atomic E-state index is -0.162. The number of hydrogen-bond donors (Lipinski definition) is 1. The van der Waals surface area contributed by atoms with Gasteiger partial charge in [-0.1, -0.05) is 92.6 Å². The summed E-state index contributed by atoms with van der Waals surface area (Å²) in [6.07, 6.45) is 19.7. The number of benzene rings is 4. The highest BCUT2D eigenvalue weighted by atomic mass is 35.5. The average molecular weight is 656 g/mol. The zero-order valence-electron chi connectivity index (χ0n) is 28.8. The molecular weight excluding hydrogens is 610 g/mol. The molecule has 0 radical (unpaired) electrons. The minimum absolute atomic E-state index is 0. The van der Waals surface area contributed by atoms with E-state index in [0.717, 1.165) is 25.8 Å². The summed E-state index contributed by atoms with van der Waals surface area (Å²) >= 11 is 0.